The summed E-state index contributed by atoms with van der Waals surface area (Å²) in [6.45, 7) is 14.1. The molecule has 0 fully saturated rings. The van der Waals surface area contributed by atoms with Gasteiger partial charge in [0.25, 0.3) is 0 Å². The molecule has 6 heteroatoms. The van der Waals surface area contributed by atoms with Crippen LogP contribution in [-0.2, 0) is 0 Å². The van der Waals surface area contributed by atoms with Gasteiger partial charge in [-0.05, 0) is 0 Å². The lowest BCUT2D eigenvalue weighted by atomic mass is 11.8. The minimum absolute atomic E-state index is 0.981. The van der Waals surface area contributed by atoms with Crippen molar-refractivity contribution in [3.63, 3.8) is 0 Å². The van der Waals surface area contributed by atoms with Gasteiger partial charge in [0.05, 0.1) is 20.8 Å². The minimum Gasteiger partial charge on any atom is -0.374 e. The average molecular weight is 239 g/mol. The highest BCUT2D eigenvalue weighted by molar-refractivity contribution is 6.90. The van der Waals surface area contributed by atoms with Crippen LogP contribution in [0.5, 0.6) is 0 Å². The fourth-order valence-electron chi connectivity index (χ4n) is 1.12. The van der Waals surface area contributed by atoms with E-state index in [4.69, 9.17) is 0 Å². The van der Waals surface area contributed by atoms with Crippen molar-refractivity contribution in [3.05, 3.63) is 0 Å². The molecule has 2 nitrogen and oxygen atoms in total. The van der Waals surface area contributed by atoms with Crippen LogP contribution in [0.4, 0.5) is 0 Å². The maximum Gasteiger partial charge on any atom is 0.109 e. The predicted octanol–water partition coefficient (Wildman–Crippen LogP) is -0.617. The zero-order valence-corrected chi connectivity index (χ0v) is 16.0. The lowest BCUT2D eigenvalue weighted by molar-refractivity contribution is 1.30. The summed E-state index contributed by atoms with van der Waals surface area (Å²) in [6.07, 6.45) is 0. The monoisotopic (exact) mass is 238 g/mol. The standard InChI is InChI=1S/C6H19NSi2.H7NSi2/c1-8(2,3)7-9(4,5)6;2-1-3/h7H,1-6H3;1H,2-3H3. The molecule has 0 aliphatic carbocycles. The van der Waals surface area contributed by atoms with Crippen LogP contribution in [0.1, 0.15) is 0 Å². The van der Waals surface area contributed by atoms with Crippen molar-refractivity contribution >= 4 is 37.3 Å². The van der Waals surface area contributed by atoms with E-state index in [1.165, 1.54) is 20.8 Å². The van der Waals surface area contributed by atoms with Gasteiger partial charge in [0.2, 0.25) is 0 Å². The fraction of sp³-hybridized carbons (Fsp3) is 1.00. The normalized spacial score (nSPS) is 12.5. The highest BCUT2D eigenvalue weighted by Gasteiger charge is 2.22. The van der Waals surface area contributed by atoms with Crippen LogP contribution in [-0.4, -0.2) is 37.3 Å². The van der Waals surface area contributed by atoms with Gasteiger partial charge in [-0.2, -0.15) is 0 Å². The molecular formula is C6H26N2Si4. The van der Waals surface area contributed by atoms with Crippen molar-refractivity contribution in [2.75, 3.05) is 0 Å². The summed E-state index contributed by atoms with van der Waals surface area (Å²) in [4.78, 5) is 0. The van der Waals surface area contributed by atoms with E-state index in [1.807, 2.05) is 0 Å². The lowest BCUT2D eigenvalue weighted by Crippen LogP contribution is -2.55. The van der Waals surface area contributed by atoms with Crippen LogP contribution < -0.4 is 9.30 Å². The Balaban J connectivity index is 0. The number of hydrogen-bond acceptors (Lipinski definition) is 2. The summed E-state index contributed by atoms with van der Waals surface area (Å²) in [6, 6.07) is 0. The van der Waals surface area contributed by atoms with Gasteiger partial charge in [0, 0.05) is 0 Å². The van der Waals surface area contributed by atoms with Crippen molar-refractivity contribution in [1.29, 1.82) is 0 Å². The first-order chi connectivity index (χ1) is 5.12. The van der Waals surface area contributed by atoms with Crippen LogP contribution in [0.2, 0.25) is 39.3 Å². The van der Waals surface area contributed by atoms with E-state index in [1.54, 1.807) is 0 Å². The Morgan fingerprint density at radius 1 is 0.750 bits per heavy atom. The number of rotatable bonds is 2. The van der Waals surface area contributed by atoms with Gasteiger partial charge in [0.15, 0.2) is 0 Å². The second-order valence-corrected chi connectivity index (χ2v) is 19.1. The first kappa shape index (κ1) is 15.3. The summed E-state index contributed by atoms with van der Waals surface area (Å²) in [5.74, 6) is 0. The molecule has 0 rings (SSSR count). The molecule has 0 aromatic heterocycles. The summed E-state index contributed by atoms with van der Waals surface area (Å²) >= 11 is 0. The van der Waals surface area contributed by atoms with E-state index in [0.717, 1.165) is 0 Å². The molecule has 0 aliphatic heterocycles. The second kappa shape index (κ2) is 6.27. The lowest BCUT2D eigenvalue weighted by Gasteiger charge is -2.28. The van der Waals surface area contributed by atoms with Gasteiger partial charge in [0.1, 0.15) is 16.5 Å². The SMILES string of the molecule is C[Si](C)(C)N[Si](C)(C)C.[SiH3]N[SiH3]. The Kier molecular flexibility index (Phi) is 7.98. The highest BCUT2D eigenvalue weighted by Crippen LogP contribution is 2.02. The first-order valence-corrected chi connectivity index (χ1v) is 13.5. The molecule has 0 aliphatic rings. The van der Waals surface area contributed by atoms with E-state index in [9.17, 15) is 0 Å². The molecule has 76 valence electrons. The molecule has 0 saturated carbocycles. The number of hydrogen-bond donors (Lipinski definition) is 2. The van der Waals surface area contributed by atoms with Gasteiger partial charge >= 0.3 is 0 Å². The summed E-state index contributed by atoms with van der Waals surface area (Å²) < 4.78 is 6.76. The third-order valence-corrected chi connectivity index (χ3v) is 6.75. The summed E-state index contributed by atoms with van der Waals surface area (Å²) in [7, 11) is 0.399. The van der Waals surface area contributed by atoms with E-state index in [0.29, 0.717) is 0 Å². The Morgan fingerprint density at radius 3 is 0.917 bits per heavy atom. The summed E-state index contributed by atoms with van der Waals surface area (Å²) in [5.41, 5.74) is 0. The Bertz CT molecular complexity index is 93.1. The molecule has 0 heterocycles. The van der Waals surface area contributed by atoms with Crippen molar-refractivity contribution in [1.82, 2.24) is 9.30 Å². The van der Waals surface area contributed by atoms with Crippen LogP contribution in [0.25, 0.3) is 0 Å². The zero-order valence-electron chi connectivity index (χ0n) is 10.0. The predicted molar refractivity (Wildman–Crippen MR) is 72.8 cm³/mol. The molecule has 0 spiro atoms. The molecule has 0 amide bonds. The van der Waals surface area contributed by atoms with Crippen LogP contribution >= 0.6 is 0 Å². The average Bonchev–Trinajstić information content (AvgIpc) is 1.53. The van der Waals surface area contributed by atoms with E-state index in [-0.39, 0.29) is 0 Å². The third kappa shape index (κ3) is 22.4. The van der Waals surface area contributed by atoms with Crippen molar-refractivity contribution in [2.24, 2.45) is 0 Å². The highest BCUT2D eigenvalue weighted by atomic mass is 28.4. The Morgan fingerprint density at radius 2 is 0.917 bits per heavy atom. The molecule has 0 aromatic carbocycles. The molecule has 0 bridgehead atoms. The van der Waals surface area contributed by atoms with Crippen LogP contribution in [0.3, 0.4) is 0 Å². The molecule has 2 N–H and O–H groups in total. The maximum atomic E-state index is 3.74. The molecule has 0 radical (unpaired) electrons. The van der Waals surface area contributed by atoms with E-state index in [2.05, 4.69) is 48.6 Å². The van der Waals surface area contributed by atoms with Crippen LogP contribution in [0, 0.1) is 0 Å². The molecular weight excluding hydrogens is 212 g/mol. The van der Waals surface area contributed by atoms with Crippen molar-refractivity contribution in [2.45, 2.75) is 39.3 Å². The molecule has 0 aromatic rings. The first-order valence-electron chi connectivity index (χ1n) is 4.50. The molecule has 0 atom stereocenters. The van der Waals surface area contributed by atoms with Crippen LogP contribution in [0.15, 0.2) is 0 Å². The third-order valence-electron chi connectivity index (χ3n) is 0.750. The number of nitrogens with one attached hydrogen (secondary N) is 2. The summed E-state index contributed by atoms with van der Waals surface area (Å²) in [5, 5.41) is 0. The van der Waals surface area contributed by atoms with Gasteiger partial charge in [-0.1, -0.05) is 39.3 Å². The van der Waals surface area contributed by atoms with Crippen molar-refractivity contribution in [3.8, 4) is 0 Å². The molecule has 0 unspecified atom stereocenters. The van der Waals surface area contributed by atoms with Crippen molar-refractivity contribution < 1.29 is 0 Å². The zero-order chi connectivity index (χ0) is 10.4. The van der Waals surface area contributed by atoms with Gasteiger partial charge in [-0.3, -0.25) is 0 Å². The Labute approximate surface area is 86.1 Å². The van der Waals surface area contributed by atoms with E-state index >= 15 is 0 Å². The molecule has 12 heavy (non-hydrogen) atoms. The maximum absolute atomic E-state index is 3.74. The molecule has 0 saturated heterocycles. The second-order valence-electron chi connectivity index (χ2n) is 5.12. The van der Waals surface area contributed by atoms with Gasteiger partial charge < -0.3 is 9.30 Å². The Hall–Kier alpha value is 0.788. The van der Waals surface area contributed by atoms with Gasteiger partial charge in [-0.25, -0.2) is 0 Å². The topological polar surface area (TPSA) is 24.1 Å². The largest absolute Gasteiger partial charge is 0.374 e. The smallest absolute Gasteiger partial charge is 0.109 e. The fourth-order valence-corrected chi connectivity index (χ4v) is 10.1. The van der Waals surface area contributed by atoms with E-state index < -0.39 is 16.5 Å². The quantitative estimate of drug-likeness (QED) is 0.627. The minimum atomic E-state index is -0.981. The van der Waals surface area contributed by atoms with Gasteiger partial charge in [-0.15, -0.1) is 0 Å².